The lowest BCUT2D eigenvalue weighted by Gasteiger charge is -2.33. The van der Waals surface area contributed by atoms with Gasteiger partial charge in [-0.3, -0.25) is 14.9 Å². The number of carbonyl (C=O) groups is 1. The maximum Gasteiger partial charge on any atom is 0.271 e. The molecule has 2 rings (SSSR count). The van der Waals surface area contributed by atoms with Gasteiger partial charge in [-0.2, -0.15) is 5.26 Å². The van der Waals surface area contributed by atoms with Crippen LogP contribution in [0, 0.1) is 26.9 Å². The number of nitro benzene ring substituents is 1. The van der Waals surface area contributed by atoms with Crippen molar-refractivity contribution in [3.63, 3.8) is 0 Å². The van der Waals surface area contributed by atoms with Crippen LogP contribution in [0.5, 0.6) is 0 Å². The van der Waals surface area contributed by atoms with E-state index in [-0.39, 0.29) is 5.69 Å². The van der Waals surface area contributed by atoms with Crippen LogP contribution in [0.2, 0.25) is 0 Å². The third kappa shape index (κ3) is 2.44. The molecule has 7 heteroatoms. The first-order valence-electron chi connectivity index (χ1n) is 5.65. The van der Waals surface area contributed by atoms with Crippen LogP contribution in [-0.2, 0) is 4.79 Å². The van der Waals surface area contributed by atoms with Crippen molar-refractivity contribution in [3.8, 4) is 6.07 Å². The summed E-state index contributed by atoms with van der Waals surface area (Å²) in [5.41, 5.74) is -0.789. The van der Waals surface area contributed by atoms with Gasteiger partial charge in [-0.25, -0.2) is 0 Å². The van der Waals surface area contributed by atoms with Crippen LogP contribution in [0.25, 0.3) is 0 Å². The lowest BCUT2D eigenvalue weighted by molar-refractivity contribution is -0.384. The van der Waals surface area contributed by atoms with E-state index in [0.717, 1.165) is 6.42 Å². The summed E-state index contributed by atoms with van der Waals surface area (Å²) in [7, 11) is 0. The quantitative estimate of drug-likeness (QED) is 0.683. The van der Waals surface area contributed by atoms with Crippen molar-refractivity contribution < 1.29 is 9.72 Å². The fourth-order valence-corrected chi connectivity index (χ4v) is 2.23. The average molecular weight is 324 g/mol. The molecule has 1 aromatic carbocycles. The van der Waals surface area contributed by atoms with E-state index in [2.05, 4.69) is 21.2 Å². The van der Waals surface area contributed by atoms with E-state index in [9.17, 15) is 14.9 Å². The maximum absolute atomic E-state index is 12.1. The summed E-state index contributed by atoms with van der Waals surface area (Å²) < 4.78 is 0.541. The molecule has 0 heterocycles. The Kier molecular flexibility index (Phi) is 3.53. The Bertz CT molecular complexity index is 590. The molecule has 0 radical (unpaired) electrons. The minimum Gasteiger partial charge on any atom is -0.323 e. The lowest BCUT2D eigenvalue weighted by Crippen LogP contribution is -2.40. The Morgan fingerprint density at radius 2 is 2.21 bits per heavy atom. The predicted octanol–water partition coefficient (Wildman–Crippen LogP) is 2.99. The average Bonchev–Trinajstić information content (AvgIpc) is 2.31. The highest BCUT2D eigenvalue weighted by molar-refractivity contribution is 9.10. The molecule has 6 nitrogen and oxygen atoms in total. The smallest absolute Gasteiger partial charge is 0.271 e. The summed E-state index contributed by atoms with van der Waals surface area (Å²) in [5.74, 6) is -0.401. The van der Waals surface area contributed by atoms with Crippen molar-refractivity contribution in [2.75, 3.05) is 5.32 Å². The van der Waals surface area contributed by atoms with Gasteiger partial charge in [-0.1, -0.05) is 0 Å². The first-order chi connectivity index (χ1) is 8.98. The SMILES string of the molecule is N#CC1(C(=O)Nc2cc([N+](=O)[O-])ccc2Br)CCC1. The summed E-state index contributed by atoms with van der Waals surface area (Å²) in [4.78, 5) is 22.2. The van der Waals surface area contributed by atoms with Gasteiger partial charge in [0.1, 0.15) is 5.41 Å². The molecule has 1 aromatic rings. The maximum atomic E-state index is 12.1. The molecular formula is C12H10BrN3O3. The van der Waals surface area contributed by atoms with Crippen molar-refractivity contribution in [2.24, 2.45) is 5.41 Å². The second-order valence-corrected chi connectivity index (χ2v) is 5.28. The number of benzene rings is 1. The van der Waals surface area contributed by atoms with Crippen molar-refractivity contribution in [1.82, 2.24) is 0 Å². The molecule has 1 saturated carbocycles. The number of rotatable bonds is 3. The molecule has 0 aliphatic heterocycles. The second kappa shape index (κ2) is 4.97. The molecule has 0 saturated heterocycles. The predicted molar refractivity (Wildman–Crippen MR) is 71.3 cm³/mol. The fraction of sp³-hybridized carbons (Fsp3) is 0.333. The summed E-state index contributed by atoms with van der Waals surface area (Å²) in [5, 5.41) is 22.3. The summed E-state index contributed by atoms with van der Waals surface area (Å²) in [6, 6.07) is 6.13. The first-order valence-corrected chi connectivity index (χ1v) is 6.44. The van der Waals surface area contributed by atoms with Crippen molar-refractivity contribution in [3.05, 3.63) is 32.8 Å². The van der Waals surface area contributed by atoms with Crippen LogP contribution in [0.4, 0.5) is 11.4 Å². The van der Waals surface area contributed by atoms with Gasteiger partial charge in [0.15, 0.2) is 0 Å². The van der Waals surface area contributed by atoms with E-state index in [1.807, 2.05) is 6.07 Å². The van der Waals surface area contributed by atoms with Gasteiger partial charge < -0.3 is 5.32 Å². The van der Waals surface area contributed by atoms with Crippen LogP contribution in [0.15, 0.2) is 22.7 Å². The molecule has 19 heavy (non-hydrogen) atoms. The fourth-order valence-electron chi connectivity index (χ4n) is 1.88. The number of non-ortho nitro benzene ring substituents is 1. The number of carbonyl (C=O) groups excluding carboxylic acids is 1. The van der Waals surface area contributed by atoms with Crippen LogP contribution >= 0.6 is 15.9 Å². The lowest BCUT2D eigenvalue weighted by atomic mass is 9.69. The number of nitro groups is 1. The number of hydrogen-bond donors (Lipinski definition) is 1. The van der Waals surface area contributed by atoms with Crippen LogP contribution in [0.1, 0.15) is 19.3 Å². The minimum absolute atomic E-state index is 0.113. The van der Waals surface area contributed by atoms with E-state index in [4.69, 9.17) is 5.26 Å². The number of nitrogens with one attached hydrogen (secondary N) is 1. The van der Waals surface area contributed by atoms with Gasteiger partial charge in [-0.05, 0) is 41.3 Å². The van der Waals surface area contributed by atoms with Crippen molar-refractivity contribution >= 4 is 33.2 Å². The molecule has 1 N–H and O–H groups in total. The molecular weight excluding hydrogens is 314 g/mol. The molecule has 0 atom stereocenters. The van der Waals surface area contributed by atoms with Gasteiger partial charge in [0.2, 0.25) is 5.91 Å². The Balaban J connectivity index is 2.24. The molecule has 1 fully saturated rings. The van der Waals surface area contributed by atoms with Gasteiger partial charge in [0.25, 0.3) is 5.69 Å². The van der Waals surface area contributed by atoms with E-state index in [0.29, 0.717) is 23.0 Å². The Morgan fingerprint density at radius 3 is 2.68 bits per heavy atom. The van der Waals surface area contributed by atoms with E-state index < -0.39 is 16.2 Å². The molecule has 0 bridgehead atoms. The van der Waals surface area contributed by atoms with E-state index in [1.54, 1.807) is 0 Å². The second-order valence-electron chi connectivity index (χ2n) is 4.42. The zero-order valence-electron chi connectivity index (χ0n) is 9.85. The number of nitrogens with zero attached hydrogens (tertiary/aromatic N) is 2. The molecule has 0 unspecified atom stereocenters. The molecule has 0 aromatic heterocycles. The third-order valence-corrected chi connectivity index (χ3v) is 3.96. The highest BCUT2D eigenvalue weighted by atomic mass is 79.9. The summed E-state index contributed by atoms with van der Waals surface area (Å²) in [6.45, 7) is 0. The summed E-state index contributed by atoms with van der Waals surface area (Å²) >= 11 is 3.22. The van der Waals surface area contributed by atoms with Gasteiger partial charge in [0.05, 0.1) is 16.7 Å². The zero-order chi connectivity index (χ0) is 14.0. The highest BCUT2D eigenvalue weighted by Crippen LogP contribution is 2.41. The van der Waals surface area contributed by atoms with Gasteiger partial charge in [0, 0.05) is 16.6 Å². The summed E-state index contributed by atoms with van der Waals surface area (Å²) in [6.07, 6.45) is 1.90. The number of nitriles is 1. The van der Waals surface area contributed by atoms with Crippen molar-refractivity contribution in [1.29, 1.82) is 5.26 Å². The Morgan fingerprint density at radius 1 is 1.53 bits per heavy atom. The first kappa shape index (κ1) is 13.5. The molecule has 98 valence electrons. The highest BCUT2D eigenvalue weighted by Gasteiger charge is 2.44. The number of anilines is 1. The molecule has 1 aliphatic carbocycles. The molecule has 0 spiro atoms. The molecule has 1 aliphatic rings. The Labute approximate surface area is 117 Å². The topological polar surface area (TPSA) is 96.0 Å². The normalized spacial score (nSPS) is 16.0. The number of hydrogen-bond acceptors (Lipinski definition) is 4. The third-order valence-electron chi connectivity index (χ3n) is 3.26. The molecule has 1 amide bonds. The van der Waals surface area contributed by atoms with Crippen LogP contribution in [0.3, 0.4) is 0 Å². The number of halogens is 1. The largest absolute Gasteiger partial charge is 0.323 e. The zero-order valence-corrected chi connectivity index (χ0v) is 11.4. The van der Waals surface area contributed by atoms with Crippen LogP contribution in [-0.4, -0.2) is 10.8 Å². The van der Waals surface area contributed by atoms with Crippen molar-refractivity contribution in [2.45, 2.75) is 19.3 Å². The van der Waals surface area contributed by atoms with Crippen LogP contribution < -0.4 is 5.32 Å². The van der Waals surface area contributed by atoms with E-state index in [1.165, 1.54) is 18.2 Å². The monoisotopic (exact) mass is 323 g/mol. The van der Waals surface area contributed by atoms with E-state index >= 15 is 0 Å². The number of amides is 1. The van der Waals surface area contributed by atoms with Gasteiger partial charge in [-0.15, -0.1) is 0 Å². The standard InChI is InChI=1S/C12H10BrN3O3/c13-9-3-2-8(16(18)19)6-10(9)15-11(17)12(7-14)4-1-5-12/h2-3,6H,1,4-5H2,(H,15,17). The van der Waals surface area contributed by atoms with Gasteiger partial charge >= 0.3 is 0 Å². The minimum atomic E-state index is -0.982. The Hall–Kier alpha value is -1.94.